The van der Waals surface area contributed by atoms with Gasteiger partial charge >= 0.3 is 0 Å². The number of aryl methyl sites for hydroxylation is 1. The molecule has 0 saturated carbocycles. The fourth-order valence-corrected chi connectivity index (χ4v) is 2.32. The Hall–Kier alpha value is -1.02. The highest BCUT2D eigenvalue weighted by Crippen LogP contribution is 2.21. The van der Waals surface area contributed by atoms with Crippen molar-refractivity contribution in [1.29, 1.82) is 0 Å². The lowest BCUT2D eigenvalue weighted by Crippen LogP contribution is -2.42. The maximum Gasteiger partial charge on any atom is 0.0467 e. The fraction of sp³-hybridized carbons (Fsp3) is 0.647. The third-order valence-corrected chi connectivity index (χ3v) is 3.78. The van der Waals surface area contributed by atoms with E-state index in [1.54, 1.807) is 0 Å². The van der Waals surface area contributed by atoms with E-state index in [1.807, 2.05) is 0 Å². The van der Waals surface area contributed by atoms with Crippen LogP contribution in [0.1, 0.15) is 57.9 Å². The first-order chi connectivity index (χ1) is 9.09. The van der Waals surface area contributed by atoms with Crippen molar-refractivity contribution in [3.05, 3.63) is 29.8 Å². The molecule has 1 rings (SSSR count). The smallest absolute Gasteiger partial charge is 0.0467 e. The highest BCUT2D eigenvalue weighted by molar-refractivity contribution is 5.46. The molecule has 0 saturated heterocycles. The molecule has 1 atom stereocenters. The second kappa shape index (κ2) is 8.21. The maximum absolute atomic E-state index is 5.96. The van der Waals surface area contributed by atoms with Crippen LogP contribution in [0.15, 0.2) is 24.3 Å². The molecule has 0 aromatic heterocycles. The Labute approximate surface area is 118 Å². The molecular weight excluding hydrogens is 232 g/mol. The first kappa shape index (κ1) is 16.0. The first-order valence-electron chi connectivity index (χ1n) is 7.64. The van der Waals surface area contributed by atoms with Crippen molar-refractivity contribution in [3.63, 3.8) is 0 Å². The minimum absolute atomic E-state index is 0.0153. The molecule has 0 fully saturated rings. The zero-order chi connectivity index (χ0) is 14.1. The molecule has 1 unspecified atom stereocenters. The summed E-state index contributed by atoms with van der Waals surface area (Å²) in [5.74, 6) is 0. The maximum atomic E-state index is 5.96. The van der Waals surface area contributed by atoms with Gasteiger partial charge in [0, 0.05) is 17.8 Å². The van der Waals surface area contributed by atoms with E-state index >= 15 is 0 Å². The summed E-state index contributed by atoms with van der Waals surface area (Å²) in [6.45, 7) is 7.27. The number of rotatable bonds is 9. The summed E-state index contributed by atoms with van der Waals surface area (Å²) >= 11 is 0. The topological polar surface area (TPSA) is 38.0 Å². The summed E-state index contributed by atoms with van der Waals surface area (Å²) in [6.07, 6.45) is 7.72. The van der Waals surface area contributed by atoms with Crippen molar-refractivity contribution < 1.29 is 0 Å². The molecule has 1 aromatic carbocycles. The van der Waals surface area contributed by atoms with Crippen LogP contribution in [0.2, 0.25) is 0 Å². The van der Waals surface area contributed by atoms with E-state index in [0.717, 1.165) is 6.42 Å². The molecule has 0 radical (unpaired) electrons. The Balaban J connectivity index is 2.43. The molecule has 2 heteroatoms. The van der Waals surface area contributed by atoms with Gasteiger partial charge in [0.1, 0.15) is 0 Å². The molecule has 0 aliphatic heterocycles. The lowest BCUT2D eigenvalue weighted by Gasteiger charge is -2.31. The van der Waals surface area contributed by atoms with Gasteiger partial charge < -0.3 is 11.1 Å². The Bertz CT molecular complexity index is 345. The van der Waals surface area contributed by atoms with Crippen molar-refractivity contribution in [2.45, 2.75) is 64.8 Å². The monoisotopic (exact) mass is 262 g/mol. The van der Waals surface area contributed by atoms with Crippen LogP contribution in [-0.2, 0) is 0 Å². The van der Waals surface area contributed by atoms with Crippen molar-refractivity contribution in [1.82, 2.24) is 0 Å². The van der Waals surface area contributed by atoms with E-state index in [-0.39, 0.29) is 5.54 Å². The van der Waals surface area contributed by atoms with Crippen molar-refractivity contribution in [2.24, 2.45) is 5.73 Å². The fourth-order valence-electron chi connectivity index (χ4n) is 2.32. The van der Waals surface area contributed by atoms with E-state index in [0.29, 0.717) is 6.54 Å². The van der Waals surface area contributed by atoms with E-state index in [1.165, 1.54) is 43.4 Å². The number of anilines is 1. The Kier molecular flexibility index (Phi) is 6.93. The molecule has 0 bridgehead atoms. The van der Waals surface area contributed by atoms with Gasteiger partial charge in [-0.3, -0.25) is 0 Å². The minimum atomic E-state index is 0.0153. The lowest BCUT2D eigenvalue weighted by molar-refractivity contribution is 0.449. The summed E-state index contributed by atoms with van der Waals surface area (Å²) in [7, 11) is 0. The quantitative estimate of drug-likeness (QED) is 0.644. The molecule has 0 aliphatic rings. The molecular formula is C17H30N2. The van der Waals surface area contributed by atoms with Gasteiger partial charge in [-0.15, -0.1) is 0 Å². The molecule has 3 N–H and O–H groups in total. The second-order valence-electron chi connectivity index (χ2n) is 5.92. The van der Waals surface area contributed by atoms with E-state index in [2.05, 4.69) is 50.4 Å². The second-order valence-corrected chi connectivity index (χ2v) is 5.92. The van der Waals surface area contributed by atoms with Gasteiger partial charge in [-0.05, 0) is 32.4 Å². The molecule has 0 aliphatic carbocycles. The summed E-state index contributed by atoms with van der Waals surface area (Å²) < 4.78 is 0. The average molecular weight is 262 g/mol. The average Bonchev–Trinajstić information content (AvgIpc) is 2.41. The molecule has 2 nitrogen and oxygen atoms in total. The Morgan fingerprint density at radius 3 is 2.26 bits per heavy atom. The molecule has 0 spiro atoms. The van der Waals surface area contributed by atoms with Gasteiger partial charge in [-0.2, -0.15) is 0 Å². The Morgan fingerprint density at radius 2 is 1.68 bits per heavy atom. The third kappa shape index (κ3) is 6.11. The van der Waals surface area contributed by atoms with Crippen LogP contribution in [0.4, 0.5) is 5.69 Å². The van der Waals surface area contributed by atoms with Crippen LogP contribution in [0.3, 0.4) is 0 Å². The highest BCUT2D eigenvalue weighted by Gasteiger charge is 2.21. The number of hydrogen-bond donors (Lipinski definition) is 2. The summed E-state index contributed by atoms with van der Waals surface area (Å²) in [5, 5.41) is 3.60. The van der Waals surface area contributed by atoms with Crippen molar-refractivity contribution in [3.8, 4) is 0 Å². The summed E-state index contributed by atoms with van der Waals surface area (Å²) in [5.41, 5.74) is 8.44. The van der Waals surface area contributed by atoms with Crippen LogP contribution in [0.25, 0.3) is 0 Å². The molecule has 19 heavy (non-hydrogen) atoms. The molecule has 0 amide bonds. The van der Waals surface area contributed by atoms with Crippen LogP contribution < -0.4 is 11.1 Å². The van der Waals surface area contributed by atoms with Crippen LogP contribution in [0, 0.1) is 6.92 Å². The summed E-state index contributed by atoms with van der Waals surface area (Å²) in [4.78, 5) is 0. The lowest BCUT2D eigenvalue weighted by atomic mass is 9.93. The number of unbranched alkanes of at least 4 members (excludes halogenated alkanes) is 4. The van der Waals surface area contributed by atoms with Gasteiger partial charge in [-0.1, -0.05) is 56.7 Å². The zero-order valence-corrected chi connectivity index (χ0v) is 12.8. The van der Waals surface area contributed by atoms with Crippen molar-refractivity contribution in [2.75, 3.05) is 11.9 Å². The number of benzene rings is 1. The van der Waals surface area contributed by atoms with Crippen molar-refractivity contribution >= 4 is 5.69 Å². The number of hydrogen-bond acceptors (Lipinski definition) is 2. The highest BCUT2D eigenvalue weighted by atomic mass is 15.0. The number of nitrogens with one attached hydrogen (secondary N) is 1. The zero-order valence-electron chi connectivity index (χ0n) is 12.8. The summed E-state index contributed by atoms with van der Waals surface area (Å²) in [6, 6.07) is 8.56. The normalized spacial score (nSPS) is 14.1. The Morgan fingerprint density at radius 1 is 1.05 bits per heavy atom. The third-order valence-electron chi connectivity index (χ3n) is 3.78. The van der Waals surface area contributed by atoms with Gasteiger partial charge in [0.15, 0.2) is 0 Å². The first-order valence-corrected chi connectivity index (χ1v) is 7.64. The van der Waals surface area contributed by atoms with E-state index < -0.39 is 0 Å². The van der Waals surface area contributed by atoms with Gasteiger partial charge in [0.2, 0.25) is 0 Å². The van der Waals surface area contributed by atoms with Gasteiger partial charge in [0.05, 0.1) is 0 Å². The largest absolute Gasteiger partial charge is 0.379 e. The minimum Gasteiger partial charge on any atom is -0.379 e. The number of nitrogens with two attached hydrogens (primary N) is 1. The van der Waals surface area contributed by atoms with Crippen LogP contribution in [0.5, 0.6) is 0 Å². The standard InChI is InChI=1S/C17H30N2/c1-4-5-6-7-8-13-17(3,14-18)19-16-11-9-15(2)10-12-16/h9-12,19H,4-8,13-14,18H2,1-3H3. The van der Waals surface area contributed by atoms with Crippen LogP contribution >= 0.6 is 0 Å². The predicted molar refractivity (Wildman–Crippen MR) is 85.6 cm³/mol. The predicted octanol–water partition coefficient (Wildman–Crippen LogP) is 4.48. The van der Waals surface area contributed by atoms with E-state index in [9.17, 15) is 0 Å². The van der Waals surface area contributed by atoms with Gasteiger partial charge in [-0.25, -0.2) is 0 Å². The van der Waals surface area contributed by atoms with Crippen LogP contribution in [-0.4, -0.2) is 12.1 Å². The van der Waals surface area contributed by atoms with E-state index in [4.69, 9.17) is 5.73 Å². The molecule has 1 aromatic rings. The van der Waals surface area contributed by atoms with Gasteiger partial charge in [0.25, 0.3) is 0 Å². The molecule has 108 valence electrons. The SMILES string of the molecule is CCCCCCCC(C)(CN)Nc1ccc(C)cc1. The molecule has 0 heterocycles.